The third-order valence-corrected chi connectivity index (χ3v) is 5.89. The monoisotopic (exact) mass is 374 g/mol. The summed E-state index contributed by atoms with van der Waals surface area (Å²) in [7, 11) is 0. The third-order valence-electron chi connectivity index (χ3n) is 4.93. The maximum Gasteiger partial charge on any atom is 0.230 e. The number of nitrogens with zero attached hydrogens (tertiary/aromatic N) is 3. The molecule has 2 aromatic heterocycles. The average molecular weight is 375 g/mol. The molecule has 2 fully saturated rings. The molecule has 7 heteroatoms. The van der Waals surface area contributed by atoms with Crippen molar-refractivity contribution < 1.29 is 9.21 Å². The number of thioether (sulfide) groups is 1. The van der Waals surface area contributed by atoms with Crippen LogP contribution in [0.2, 0.25) is 0 Å². The fourth-order valence-corrected chi connectivity index (χ4v) is 4.16. The van der Waals surface area contributed by atoms with Gasteiger partial charge >= 0.3 is 0 Å². The molecule has 0 unspecified atom stereocenters. The van der Waals surface area contributed by atoms with Gasteiger partial charge in [0.15, 0.2) is 16.7 Å². The normalized spacial score (nSPS) is 17.2. The minimum absolute atomic E-state index is 0.109. The zero-order valence-electron chi connectivity index (χ0n) is 15.4. The summed E-state index contributed by atoms with van der Waals surface area (Å²) < 4.78 is 7.54. The van der Waals surface area contributed by atoms with E-state index in [1.165, 1.54) is 37.4 Å². The summed E-state index contributed by atoms with van der Waals surface area (Å²) in [6.45, 7) is 5.10. The predicted molar refractivity (Wildman–Crippen MR) is 101 cm³/mol. The second kappa shape index (κ2) is 7.47. The molecule has 2 heterocycles. The van der Waals surface area contributed by atoms with Gasteiger partial charge in [-0.15, -0.1) is 10.2 Å². The highest BCUT2D eigenvalue weighted by atomic mass is 32.2. The van der Waals surface area contributed by atoms with Crippen LogP contribution in [0.1, 0.15) is 39.5 Å². The Morgan fingerprint density at radius 2 is 2.04 bits per heavy atom. The van der Waals surface area contributed by atoms with E-state index in [0.717, 1.165) is 17.5 Å². The Labute approximate surface area is 158 Å². The fourth-order valence-electron chi connectivity index (χ4n) is 3.40. The Morgan fingerprint density at radius 3 is 2.62 bits per heavy atom. The van der Waals surface area contributed by atoms with Crippen LogP contribution in [0.15, 0.2) is 28.0 Å². The molecule has 0 atom stereocenters. The molecule has 0 aromatic carbocycles. The van der Waals surface area contributed by atoms with Gasteiger partial charge in [-0.3, -0.25) is 9.36 Å². The molecule has 0 saturated heterocycles. The van der Waals surface area contributed by atoms with Gasteiger partial charge in [0.2, 0.25) is 5.91 Å². The Bertz CT molecular complexity index is 736. The van der Waals surface area contributed by atoms with Crippen LogP contribution in [0.5, 0.6) is 0 Å². The summed E-state index contributed by atoms with van der Waals surface area (Å²) >= 11 is 1.46. The molecule has 2 aliphatic rings. The lowest BCUT2D eigenvalue weighted by atomic mass is 10.1. The van der Waals surface area contributed by atoms with E-state index >= 15 is 0 Å². The van der Waals surface area contributed by atoms with Crippen LogP contribution < -0.4 is 5.32 Å². The minimum atomic E-state index is 0.109. The second-order valence-electron chi connectivity index (χ2n) is 7.84. The number of hydrogen-bond acceptors (Lipinski definition) is 5. The van der Waals surface area contributed by atoms with Crippen molar-refractivity contribution in [3.8, 4) is 11.6 Å². The molecule has 0 aliphatic heterocycles. The average Bonchev–Trinajstić information content (AvgIpc) is 3.53. The van der Waals surface area contributed by atoms with Crippen molar-refractivity contribution in [2.45, 2.75) is 57.3 Å². The topological polar surface area (TPSA) is 73.0 Å². The number of hydrogen-bond donors (Lipinski definition) is 1. The highest BCUT2D eigenvalue weighted by Crippen LogP contribution is 2.44. The SMILES string of the molecule is CC(C)Cn1c(SCC(=O)NC(C2CC2)C2CC2)nnc1-c1ccco1. The van der Waals surface area contributed by atoms with Crippen molar-refractivity contribution in [2.24, 2.45) is 17.8 Å². The van der Waals surface area contributed by atoms with E-state index in [4.69, 9.17) is 4.42 Å². The number of nitrogens with one attached hydrogen (secondary N) is 1. The standard InChI is InChI=1S/C19H26N4O2S/c1-12(2)10-23-18(15-4-3-9-25-15)21-22-19(23)26-11-16(24)20-17(13-5-6-13)14-7-8-14/h3-4,9,12-14,17H,5-8,10-11H2,1-2H3,(H,20,24). The van der Waals surface area contributed by atoms with Gasteiger partial charge in [-0.2, -0.15) is 0 Å². The molecule has 2 aliphatic carbocycles. The van der Waals surface area contributed by atoms with Crippen molar-refractivity contribution >= 4 is 17.7 Å². The van der Waals surface area contributed by atoms with Gasteiger partial charge in [0.25, 0.3) is 0 Å². The molecule has 0 bridgehead atoms. The minimum Gasteiger partial charge on any atom is -0.461 e. The van der Waals surface area contributed by atoms with Gasteiger partial charge in [0.05, 0.1) is 12.0 Å². The van der Waals surface area contributed by atoms with E-state index in [9.17, 15) is 4.79 Å². The largest absolute Gasteiger partial charge is 0.461 e. The van der Waals surface area contributed by atoms with Crippen LogP contribution in [0, 0.1) is 17.8 Å². The van der Waals surface area contributed by atoms with Crippen LogP contribution in [0.3, 0.4) is 0 Å². The van der Waals surface area contributed by atoms with Crippen molar-refractivity contribution in [3.63, 3.8) is 0 Å². The van der Waals surface area contributed by atoms with Gasteiger partial charge in [-0.25, -0.2) is 0 Å². The summed E-state index contributed by atoms with van der Waals surface area (Å²) in [5.41, 5.74) is 0. The Kier molecular flexibility index (Phi) is 5.07. The first-order valence-electron chi connectivity index (χ1n) is 9.51. The molecule has 26 heavy (non-hydrogen) atoms. The van der Waals surface area contributed by atoms with Crippen molar-refractivity contribution in [1.29, 1.82) is 0 Å². The summed E-state index contributed by atoms with van der Waals surface area (Å²) in [5, 5.41) is 12.6. The number of carbonyl (C=O) groups excluding carboxylic acids is 1. The molecule has 6 nitrogen and oxygen atoms in total. The molecular weight excluding hydrogens is 348 g/mol. The maximum atomic E-state index is 12.5. The van der Waals surface area contributed by atoms with E-state index in [1.54, 1.807) is 6.26 Å². The molecule has 2 aromatic rings. The van der Waals surface area contributed by atoms with Crippen molar-refractivity contribution in [3.05, 3.63) is 18.4 Å². The highest BCUT2D eigenvalue weighted by Gasteiger charge is 2.42. The van der Waals surface area contributed by atoms with E-state index in [0.29, 0.717) is 35.3 Å². The Balaban J connectivity index is 1.41. The van der Waals surface area contributed by atoms with Gasteiger partial charge in [-0.1, -0.05) is 25.6 Å². The quantitative estimate of drug-likeness (QED) is 0.679. The van der Waals surface area contributed by atoms with Crippen LogP contribution in [0.4, 0.5) is 0 Å². The number of amides is 1. The molecule has 1 amide bonds. The van der Waals surface area contributed by atoms with E-state index in [-0.39, 0.29) is 5.91 Å². The van der Waals surface area contributed by atoms with E-state index < -0.39 is 0 Å². The van der Waals surface area contributed by atoms with E-state index in [2.05, 4.69) is 33.9 Å². The van der Waals surface area contributed by atoms with Crippen LogP contribution in [-0.2, 0) is 11.3 Å². The first-order valence-corrected chi connectivity index (χ1v) is 10.5. The summed E-state index contributed by atoms with van der Waals surface area (Å²) in [5.74, 6) is 3.79. The van der Waals surface area contributed by atoms with Crippen molar-refractivity contribution in [2.75, 3.05) is 5.75 Å². The molecule has 0 radical (unpaired) electrons. The van der Waals surface area contributed by atoms with Crippen LogP contribution in [-0.4, -0.2) is 32.5 Å². The number of furan rings is 1. The Hall–Kier alpha value is -1.76. The lowest BCUT2D eigenvalue weighted by molar-refractivity contribution is -0.119. The summed E-state index contributed by atoms with van der Waals surface area (Å²) in [6.07, 6.45) is 6.71. The fraction of sp³-hybridized carbons (Fsp3) is 0.632. The summed E-state index contributed by atoms with van der Waals surface area (Å²) in [6, 6.07) is 4.13. The Morgan fingerprint density at radius 1 is 1.31 bits per heavy atom. The smallest absolute Gasteiger partial charge is 0.230 e. The molecule has 2 saturated carbocycles. The van der Waals surface area contributed by atoms with Crippen molar-refractivity contribution in [1.82, 2.24) is 20.1 Å². The second-order valence-corrected chi connectivity index (χ2v) is 8.79. The zero-order valence-corrected chi connectivity index (χ0v) is 16.2. The zero-order chi connectivity index (χ0) is 18.1. The lowest BCUT2D eigenvalue weighted by Crippen LogP contribution is -2.39. The van der Waals surface area contributed by atoms with Gasteiger partial charge in [0.1, 0.15) is 0 Å². The molecular formula is C19H26N4O2S. The van der Waals surface area contributed by atoms with Gasteiger partial charge in [-0.05, 0) is 55.6 Å². The molecule has 1 N–H and O–H groups in total. The first-order chi connectivity index (χ1) is 12.6. The lowest BCUT2D eigenvalue weighted by Gasteiger charge is -2.17. The predicted octanol–water partition coefficient (Wildman–Crippen LogP) is 3.59. The maximum absolute atomic E-state index is 12.5. The summed E-state index contributed by atoms with van der Waals surface area (Å²) in [4.78, 5) is 12.5. The number of carbonyl (C=O) groups is 1. The molecule has 140 valence electrons. The molecule has 4 rings (SSSR count). The number of aromatic nitrogens is 3. The number of rotatable bonds is 9. The van der Waals surface area contributed by atoms with Crippen LogP contribution >= 0.6 is 11.8 Å². The third kappa shape index (κ3) is 4.14. The van der Waals surface area contributed by atoms with Crippen LogP contribution in [0.25, 0.3) is 11.6 Å². The van der Waals surface area contributed by atoms with Gasteiger partial charge in [0, 0.05) is 12.6 Å². The van der Waals surface area contributed by atoms with E-state index in [1.807, 2.05) is 12.1 Å². The van der Waals surface area contributed by atoms with Gasteiger partial charge < -0.3 is 9.73 Å². The molecule has 0 spiro atoms. The highest BCUT2D eigenvalue weighted by molar-refractivity contribution is 7.99. The first kappa shape index (κ1) is 17.6.